The van der Waals surface area contributed by atoms with Gasteiger partial charge in [-0.25, -0.2) is 14.8 Å². The van der Waals surface area contributed by atoms with Crippen molar-refractivity contribution < 1.29 is 9.53 Å². The van der Waals surface area contributed by atoms with Gasteiger partial charge in [0.15, 0.2) is 5.82 Å². The predicted molar refractivity (Wildman–Crippen MR) is 102 cm³/mol. The summed E-state index contributed by atoms with van der Waals surface area (Å²) >= 11 is 5.96. The summed E-state index contributed by atoms with van der Waals surface area (Å²) in [4.78, 5) is 20.4. The van der Waals surface area contributed by atoms with Gasteiger partial charge in [0.1, 0.15) is 6.61 Å². The minimum atomic E-state index is -0.429. The van der Waals surface area contributed by atoms with Crippen LogP contribution in [0, 0.1) is 6.92 Å². The molecule has 1 heterocycles. The highest BCUT2D eigenvalue weighted by Gasteiger charge is 2.11. The van der Waals surface area contributed by atoms with Gasteiger partial charge < -0.3 is 10.1 Å². The van der Waals surface area contributed by atoms with Gasteiger partial charge in [-0.1, -0.05) is 41.4 Å². The fraction of sp³-hybridized carbons (Fsp3) is 0.105. The van der Waals surface area contributed by atoms with Crippen molar-refractivity contribution >= 4 is 29.1 Å². The molecule has 0 fully saturated rings. The lowest BCUT2D eigenvalue weighted by Crippen LogP contribution is -2.21. The number of carbonyl (C=O) groups excluding carboxylic acids is 1. The van der Waals surface area contributed by atoms with Gasteiger partial charge in [-0.2, -0.15) is 0 Å². The maximum atomic E-state index is 12.2. The molecule has 7 heteroatoms. The Kier molecular flexibility index (Phi) is 5.66. The van der Waals surface area contributed by atoms with Gasteiger partial charge in [0.05, 0.1) is 0 Å². The normalized spacial score (nSPS) is 10.2. The first-order valence-electron chi connectivity index (χ1n) is 7.93. The Hall–Kier alpha value is -3.12. The molecule has 6 nitrogen and oxygen atoms in total. The molecule has 26 heavy (non-hydrogen) atoms. The van der Waals surface area contributed by atoms with Crippen LogP contribution >= 0.6 is 11.6 Å². The van der Waals surface area contributed by atoms with E-state index in [0.717, 1.165) is 11.1 Å². The average molecular weight is 369 g/mol. The molecule has 3 rings (SSSR count). The van der Waals surface area contributed by atoms with Crippen LogP contribution in [0.3, 0.4) is 0 Å². The van der Waals surface area contributed by atoms with Crippen LogP contribution in [0.25, 0.3) is 0 Å². The van der Waals surface area contributed by atoms with Crippen LogP contribution in [0.2, 0.25) is 5.02 Å². The second kappa shape index (κ2) is 8.31. The number of urea groups is 1. The van der Waals surface area contributed by atoms with Gasteiger partial charge in [0.2, 0.25) is 0 Å². The third-order valence-electron chi connectivity index (χ3n) is 3.47. The molecule has 0 aliphatic carbocycles. The summed E-state index contributed by atoms with van der Waals surface area (Å²) < 4.78 is 5.67. The number of aromatic nitrogens is 2. The number of ether oxygens (including phenoxy) is 1. The molecule has 1 aromatic heterocycles. The number of benzene rings is 2. The Morgan fingerprint density at radius 2 is 1.85 bits per heavy atom. The number of hydrogen-bond acceptors (Lipinski definition) is 4. The molecule has 2 aromatic carbocycles. The molecule has 2 N–H and O–H groups in total. The number of hydrogen-bond donors (Lipinski definition) is 2. The average Bonchev–Trinajstić information content (AvgIpc) is 2.63. The largest absolute Gasteiger partial charge is 0.470 e. The van der Waals surface area contributed by atoms with E-state index in [-0.39, 0.29) is 18.3 Å². The quantitative estimate of drug-likeness (QED) is 0.686. The van der Waals surface area contributed by atoms with E-state index in [1.807, 2.05) is 43.3 Å². The minimum Gasteiger partial charge on any atom is -0.470 e. The van der Waals surface area contributed by atoms with Crippen molar-refractivity contribution in [3.05, 3.63) is 77.1 Å². The van der Waals surface area contributed by atoms with Crippen molar-refractivity contribution in [3.8, 4) is 5.88 Å². The molecule has 132 valence electrons. The summed E-state index contributed by atoms with van der Waals surface area (Å²) in [6.07, 6.45) is 2.98. The van der Waals surface area contributed by atoms with Crippen LogP contribution in [0.4, 0.5) is 16.3 Å². The maximum absolute atomic E-state index is 12.2. The minimum absolute atomic E-state index is 0.228. The number of anilines is 2. The van der Waals surface area contributed by atoms with Gasteiger partial charge in [-0.05, 0) is 36.8 Å². The van der Waals surface area contributed by atoms with E-state index in [1.165, 1.54) is 12.4 Å². The van der Waals surface area contributed by atoms with E-state index >= 15 is 0 Å². The lowest BCUT2D eigenvalue weighted by atomic mass is 10.2. The van der Waals surface area contributed by atoms with E-state index in [1.54, 1.807) is 12.1 Å². The number of nitrogens with one attached hydrogen (secondary N) is 2. The highest BCUT2D eigenvalue weighted by atomic mass is 35.5. The Morgan fingerprint density at radius 1 is 1.08 bits per heavy atom. The van der Waals surface area contributed by atoms with Gasteiger partial charge in [-0.3, -0.25) is 5.32 Å². The summed E-state index contributed by atoms with van der Waals surface area (Å²) in [5.41, 5.74) is 2.68. The SMILES string of the molecule is Cc1ccc(NC(=O)Nc2nccnc2OCc2cccc(Cl)c2)cc1. The molecule has 0 aliphatic rings. The van der Waals surface area contributed by atoms with E-state index in [4.69, 9.17) is 16.3 Å². The molecule has 0 saturated heterocycles. The van der Waals surface area contributed by atoms with Gasteiger partial charge in [0.25, 0.3) is 5.88 Å². The Balaban J connectivity index is 1.64. The first kappa shape index (κ1) is 17.7. The van der Waals surface area contributed by atoms with Crippen molar-refractivity contribution in [1.29, 1.82) is 0 Å². The molecule has 0 saturated carbocycles. The molecular formula is C19H17ClN4O2. The van der Waals surface area contributed by atoms with Crippen molar-refractivity contribution in [2.24, 2.45) is 0 Å². The van der Waals surface area contributed by atoms with E-state index in [9.17, 15) is 4.79 Å². The summed E-state index contributed by atoms with van der Waals surface area (Å²) in [5, 5.41) is 6.01. The fourth-order valence-electron chi connectivity index (χ4n) is 2.20. The van der Waals surface area contributed by atoms with Crippen molar-refractivity contribution in [1.82, 2.24) is 9.97 Å². The molecular weight excluding hydrogens is 352 g/mol. The van der Waals surface area contributed by atoms with Crippen LogP contribution in [0.1, 0.15) is 11.1 Å². The number of amides is 2. The van der Waals surface area contributed by atoms with Crippen LogP contribution in [-0.2, 0) is 6.61 Å². The molecule has 2 amide bonds. The van der Waals surface area contributed by atoms with E-state index < -0.39 is 6.03 Å². The zero-order valence-corrected chi connectivity index (χ0v) is 14.8. The zero-order chi connectivity index (χ0) is 18.4. The molecule has 3 aromatic rings. The Bertz CT molecular complexity index is 900. The van der Waals surface area contributed by atoms with Gasteiger partial charge >= 0.3 is 6.03 Å². The second-order valence-electron chi connectivity index (χ2n) is 5.57. The lowest BCUT2D eigenvalue weighted by molar-refractivity contribution is 0.261. The smallest absolute Gasteiger partial charge is 0.324 e. The third kappa shape index (κ3) is 4.94. The standard InChI is InChI=1S/C19H17ClN4O2/c1-13-5-7-16(8-6-13)23-19(25)24-17-18(22-10-9-21-17)26-12-14-3-2-4-15(20)11-14/h2-11H,12H2,1H3,(H2,21,23,24,25). The van der Waals surface area contributed by atoms with E-state index in [0.29, 0.717) is 10.7 Å². The number of nitrogens with zero attached hydrogens (tertiary/aromatic N) is 2. The number of aryl methyl sites for hydroxylation is 1. The summed E-state index contributed by atoms with van der Waals surface area (Å²) in [5.74, 6) is 0.464. The monoisotopic (exact) mass is 368 g/mol. The highest BCUT2D eigenvalue weighted by molar-refractivity contribution is 6.30. The summed E-state index contributed by atoms with van der Waals surface area (Å²) in [6, 6.07) is 14.4. The van der Waals surface area contributed by atoms with E-state index in [2.05, 4.69) is 20.6 Å². The van der Waals surface area contributed by atoms with Crippen LogP contribution in [0.5, 0.6) is 5.88 Å². The first-order valence-corrected chi connectivity index (χ1v) is 8.31. The maximum Gasteiger partial charge on any atom is 0.324 e. The Morgan fingerprint density at radius 3 is 2.62 bits per heavy atom. The van der Waals surface area contributed by atoms with Gasteiger partial charge in [-0.15, -0.1) is 0 Å². The first-order chi connectivity index (χ1) is 12.6. The van der Waals surface area contributed by atoms with Gasteiger partial charge in [0, 0.05) is 23.1 Å². The molecule has 0 aliphatic heterocycles. The molecule has 0 bridgehead atoms. The molecule has 0 atom stereocenters. The number of halogens is 1. The van der Waals surface area contributed by atoms with Crippen molar-refractivity contribution in [2.45, 2.75) is 13.5 Å². The summed E-state index contributed by atoms with van der Waals surface area (Å²) in [7, 11) is 0. The zero-order valence-electron chi connectivity index (χ0n) is 14.1. The highest BCUT2D eigenvalue weighted by Crippen LogP contribution is 2.20. The fourth-order valence-corrected chi connectivity index (χ4v) is 2.41. The molecule has 0 radical (unpaired) electrons. The lowest BCUT2D eigenvalue weighted by Gasteiger charge is -2.11. The third-order valence-corrected chi connectivity index (χ3v) is 3.71. The van der Waals surface area contributed by atoms with Crippen LogP contribution < -0.4 is 15.4 Å². The van der Waals surface area contributed by atoms with Crippen LogP contribution in [-0.4, -0.2) is 16.0 Å². The van der Waals surface area contributed by atoms with Crippen molar-refractivity contribution in [3.63, 3.8) is 0 Å². The molecule has 0 unspecified atom stereocenters. The topological polar surface area (TPSA) is 76.1 Å². The van der Waals surface area contributed by atoms with Crippen molar-refractivity contribution in [2.75, 3.05) is 10.6 Å². The van der Waals surface area contributed by atoms with Crippen LogP contribution in [0.15, 0.2) is 60.9 Å². The molecule has 0 spiro atoms. The summed E-state index contributed by atoms with van der Waals surface area (Å²) in [6.45, 7) is 2.24. The number of rotatable bonds is 5. The Labute approximate surface area is 156 Å². The number of carbonyl (C=O) groups is 1. The predicted octanol–water partition coefficient (Wildman–Crippen LogP) is 4.66. The second-order valence-corrected chi connectivity index (χ2v) is 6.01.